The van der Waals surface area contributed by atoms with E-state index >= 15 is 0 Å². The normalized spacial score (nSPS) is 10.4. The van der Waals surface area contributed by atoms with Crippen LogP contribution in [0.1, 0.15) is 5.69 Å². The summed E-state index contributed by atoms with van der Waals surface area (Å²) in [6.07, 6.45) is 1.40. The number of nitrogen functional groups attached to an aromatic ring is 1. The topological polar surface area (TPSA) is 90.9 Å². The third-order valence-electron chi connectivity index (χ3n) is 2.35. The Bertz CT molecular complexity index is 555. The minimum absolute atomic E-state index is 0.395. The summed E-state index contributed by atoms with van der Waals surface area (Å²) in [5, 5.41) is 7.41. The number of methoxy groups -OCH3 is 1. The van der Waals surface area contributed by atoms with Gasteiger partial charge in [-0.25, -0.2) is 14.6 Å². The molecule has 0 unspecified atom stereocenters. The van der Waals surface area contributed by atoms with E-state index in [1.54, 1.807) is 11.8 Å². The van der Waals surface area contributed by atoms with E-state index in [-0.39, 0.29) is 0 Å². The highest BCUT2D eigenvalue weighted by molar-refractivity contribution is 9.10. The number of nitrogens with zero attached hydrogens (tertiary/aromatic N) is 4. The van der Waals surface area contributed by atoms with Crippen LogP contribution in [0.3, 0.4) is 0 Å². The van der Waals surface area contributed by atoms with Crippen molar-refractivity contribution in [1.29, 1.82) is 0 Å². The number of ether oxygens (including phenoxy) is 1. The summed E-state index contributed by atoms with van der Waals surface area (Å²) >= 11 is 3.32. The largest absolute Gasteiger partial charge is 0.481 e. The van der Waals surface area contributed by atoms with Gasteiger partial charge in [-0.1, -0.05) is 0 Å². The summed E-state index contributed by atoms with van der Waals surface area (Å²) in [6.45, 7) is 0.520. The van der Waals surface area contributed by atoms with Gasteiger partial charge in [-0.15, -0.1) is 0 Å². The molecule has 0 saturated carbocycles. The molecule has 2 heterocycles. The van der Waals surface area contributed by atoms with Crippen LogP contribution < -0.4 is 15.8 Å². The van der Waals surface area contributed by atoms with Crippen LogP contribution in [0, 0.1) is 0 Å². The highest BCUT2D eigenvalue weighted by Crippen LogP contribution is 2.24. The van der Waals surface area contributed by atoms with Crippen LogP contribution in [-0.4, -0.2) is 26.9 Å². The molecule has 0 aliphatic heterocycles. The summed E-state index contributed by atoms with van der Waals surface area (Å²) < 4.78 is 7.45. The van der Waals surface area contributed by atoms with Crippen LogP contribution in [0.4, 0.5) is 11.6 Å². The van der Waals surface area contributed by atoms with E-state index in [9.17, 15) is 0 Å². The fourth-order valence-electron chi connectivity index (χ4n) is 1.47. The lowest BCUT2D eigenvalue weighted by atomic mass is 10.4. The van der Waals surface area contributed by atoms with Crippen LogP contribution in [0.2, 0.25) is 0 Å². The molecule has 0 amide bonds. The predicted octanol–water partition coefficient (Wildman–Crippen LogP) is 1.18. The summed E-state index contributed by atoms with van der Waals surface area (Å²) in [6, 6.07) is 1.85. The van der Waals surface area contributed by atoms with Gasteiger partial charge in [-0.2, -0.15) is 5.10 Å². The SMILES string of the molecule is COc1cc(CNc2ncnc(N)c2Br)nn1C. The molecule has 7 nitrogen and oxygen atoms in total. The molecule has 8 heteroatoms. The Balaban J connectivity index is 2.09. The molecule has 0 aromatic carbocycles. The van der Waals surface area contributed by atoms with Crippen molar-refractivity contribution < 1.29 is 4.74 Å². The van der Waals surface area contributed by atoms with Gasteiger partial charge in [0.25, 0.3) is 0 Å². The van der Waals surface area contributed by atoms with Gasteiger partial charge in [-0.05, 0) is 15.9 Å². The Labute approximate surface area is 113 Å². The van der Waals surface area contributed by atoms with Gasteiger partial charge in [0.1, 0.15) is 22.4 Å². The number of halogens is 1. The van der Waals surface area contributed by atoms with Crippen LogP contribution in [0.25, 0.3) is 0 Å². The number of nitrogens with one attached hydrogen (secondary N) is 1. The third kappa shape index (κ3) is 2.53. The molecule has 18 heavy (non-hydrogen) atoms. The highest BCUT2D eigenvalue weighted by atomic mass is 79.9. The van der Waals surface area contributed by atoms with Crippen LogP contribution in [-0.2, 0) is 13.6 Å². The number of hydrogen-bond donors (Lipinski definition) is 2. The van der Waals surface area contributed by atoms with E-state index in [1.165, 1.54) is 6.33 Å². The molecule has 0 saturated heterocycles. The van der Waals surface area contributed by atoms with Gasteiger partial charge in [-0.3, -0.25) is 0 Å². The quantitative estimate of drug-likeness (QED) is 0.881. The Morgan fingerprint density at radius 1 is 1.50 bits per heavy atom. The van der Waals surface area contributed by atoms with Crippen LogP contribution >= 0.6 is 15.9 Å². The van der Waals surface area contributed by atoms with E-state index in [4.69, 9.17) is 10.5 Å². The molecular weight excluding hydrogens is 300 g/mol. The number of hydrogen-bond acceptors (Lipinski definition) is 6. The molecule has 0 aliphatic carbocycles. The summed E-state index contributed by atoms with van der Waals surface area (Å²) in [7, 11) is 3.43. The molecule has 2 aromatic rings. The zero-order valence-corrected chi connectivity index (χ0v) is 11.6. The second-order valence-electron chi connectivity index (χ2n) is 3.58. The van der Waals surface area contributed by atoms with Crippen LogP contribution in [0.5, 0.6) is 5.88 Å². The molecule has 0 aliphatic rings. The van der Waals surface area contributed by atoms with Crippen molar-refractivity contribution in [2.75, 3.05) is 18.2 Å². The molecular formula is C10H13BrN6O. The maximum Gasteiger partial charge on any atom is 0.211 e. The first-order chi connectivity index (χ1) is 8.61. The second kappa shape index (κ2) is 5.21. The second-order valence-corrected chi connectivity index (χ2v) is 4.37. The molecule has 0 fully saturated rings. The average molecular weight is 313 g/mol. The lowest BCUT2D eigenvalue weighted by Gasteiger charge is -2.06. The molecule has 96 valence electrons. The van der Waals surface area contributed by atoms with E-state index in [0.29, 0.717) is 28.5 Å². The fourth-order valence-corrected chi connectivity index (χ4v) is 1.81. The maximum absolute atomic E-state index is 5.66. The molecule has 0 bridgehead atoms. The van der Waals surface area contributed by atoms with Gasteiger partial charge in [0.05, 0.1) is 19.3 Å². The molecule has 0 radical (unpaired) electrons. The monoisotopic (exact) mass is 312 g/mol. The van der Waals surface area contributed by atoms with Crippen molar-refractivity contribution in [1.82, 2.24) is 19.7 Å². The zero-order chi connectivity index (χ0) is 13.1. The number of aromatic nitrogens is 4. The number of aryl methyl sites for hydroxylation is 1. The molecule has 2 aromatic heterocycles. The zero-order valence-electron chi connectivity index (χ0n) is 10.0. The first-order valence-corrected chi connectivity index (χ1v) is 5.98. The molecule has 0 spiro atoms. The minimum Gasteiger partial charge on any atom is -0.481 e. The van der Waals surface area contributed by atoms with Crippen molar-refractivity contribution in [3.05, 3.63) is 22.6 Å². The van der Waals surface area contributed by atoms with Crippen molar-refractivity contribution in [3.63, 3.8) is 0 Å². The highest BCUT2D eigenvalue weighted by Gasteiger charge is 2.08. The van der Waals surface area contributed by atoms with Gasteiger partial charge in [0.15, 0.2) is 0 Å². The minimum atomic E-state index is 0.395. The lowest BCUT2D eigenvalue weighted by Crippen LogP contribution is -2.05. The van der Waals surface area contributed by atoms with E-state index in [2.05, 4.69) is 36.3 Å². The standard InChI is InChI=1S/C10H13BrN6O/c1-17-7(18-2)3-6(16-17)4-13-10-8(11)9(12)14-5-15-10/h3,5H,4H2,1-2H3,(H3,12,13,14,15). The summed E-state index contributed by atoms with van der Waals surface area (Å²) in [5.74, 6) is 1.73. The van der Waals surface area contributed by atoms with Crippen molar-refractivity contribution in [2.24, 2.45) is 7.05 Å². The molecule has 2 rings (SSSR count). The van der Waals surface area contributed by atoms with Crippen LogP contribution in [0.15, 0.2) is 16.9 Å². The Kier molecular flexibility index (Phi) is 3.66. The van der Waals surface area contributed by atoms with E-state index < -0.39 is 0 Å². The van der Waals surface area contributed by atoms with Crippen molar-refractivity contribution in [2.45, 2.75) is 6.54 Å². The Hall–Kier alpha value is -1.83. The lowest BCUT2D eigenvalue weighted by molar-refractivity contribution is 0.373. The summed E-state index contributed by atoms with van der Waals surface area (Å²) in [4.78, 5) is 7.95. The van der Waals surface area contributed by atoms with Crippen molar-refractivity contribution in [3.8, 4) is 5.88 Å². The fraction of sp³-hybridized carbons (Fsp3) is 0.300. The van der Waals surface area contributed by atoms with Gasteiger partial charge in [0, 0.05) is 13.1 Å². The average Bonchev–Trinajstić information content (AvgIpc) is 2.72. The predicted molar refractivity (Wildman–Crippen MR) is 71.2 cm³/mol. The summed E-state index contributed by atoms with van der Waals surface area (Å²) in [5.41, 5.74) is 6.51. The first kappa shape index (κ1) is 12.6. The van der Waals surface area contributed by atoms with E-state index in [0.717, 1.165) is 5.69 Å². The van der Waals surface area contributed by atoms with Gasteiger partial charge in [0.2, 0.25) is 5.88 Å². The van der Waals surface area contributed by atoms with Gasteiger partial charge >= 0.3 is 0 Å². The maximum atomic E-state index is 5.66. The van der Waals surface area contributed by atoms with Gasteiger partial charge < -0.3 is 15.8 Å². The third-order valence-corrected chi connectivity index (χ3v) is 3.13. The molecule has 3 N–H and O–H groups in total. The number of nitrogens with two attached hydrogens (primary N) is 1. The molecule has 0 atom stereocenters. The van der Waals surface area contributed by atoms with E-state index in [1.807, 2.05) is 13.1 Å². The van der Waals surface area contributed by atoms with Crippen molar-refractivity contribution >= 4 is 27.6 Å². The Morgan fingerprint density at radius 2 is 2.28 bits per heavy atom. The Morgan fingerprint density at radius 3 is 2.94 bits per heavy atom. The number of anilines is 2. The number of rotatable bonds is 4. The first-order valence-electron chi connectivity index (χ1n) is 5.18. The smallest absolute Gasteiger partial charge is 0.211 e.